The molecular weight excluding hydrogens is 234 g/mol. The molecular formula is C17H25NO. The van der Waals surface area contributed by atoms with Crippen molar-refractivity contribution in [3.63, 3.8) is 0 Å². The maximum absolute atomic E-state index is 6.38. The third kappa shape index (κ3) is 2.72. The van der Waals surface area contributed by atoms with Crippen LogP contribution >= 0.6 is 0 Å². The fraction of sp³-hybridized carbons (Fsp3) is 0.647. The standard InChI is InChI=1S/C17H25NO/c1-16(2)8-4-9-17(3,12-16)19-14-5-6-15-13(11-14)7-10-18-15/h5-6,11,18H,4,7-10,12H2,1-3H3. The van der Waals surface area contributed by atoms with Gasteiger partial charge in [0.25, 0.3) is 0 Å². The Bertz CT molecular complexity index is 480. The molecule has 1 atom stereocenters. The molecule has 3 rings (SSSR count). The molecule has 1 N–H and O–H groups in total. The zero-order valence-electron chi connectivity index (χ0n) is 12.4. The second-order valence-electron chi connectivity index (χ2n) is 7.24. The van der Waals surface area contributed by atoms with Gasteiger partial charge >= 0.3 is 0 Å². The SMILES string of the molecule is CC1(C)CCCC(C)(Oc2ccc3c(c2)CCN3)C1. The minimum Gasteiger partial charge on any atom is -0.488 e. The molecule has 0 aromatic heterocycles. The third-order valence-corrected chi connectivity index (χ3v) is 4.56. The minimum atomic E-state index is 0.00200. The molecule has 1 saturated carbocycles. The lowest BCUT2D eigenvalue weighted by Crippen LogP contribution is -2.41. The minimum absolute atomic E-state index is 0.00200. The number of benzene rings is 1. The summed E-state index contributed by atoms with van der Waals surface area (Å²) in [6, 6.07) is 6.50. The van der Waals surface area contributed by atoms with Gasteiger partial charge in [-0.25, -0.2) is 0 Å². The molecule has 0 amide bonds. The zero-order valence-corrected chi connectivity index (χ0v) is 12.4. The van der Waals surface area contributed by atoms with E-state index in [1.54, 1.807) is 0 Å². The van der Waals surface area contributed by atoms with E-state index < -0.39 is 0 Å². The van der Waals surface area contributed by atoms with E-state index in [1.165, 1.54) is 30.5 Å². The lowest BCUT2D eigenvalue weighted by atomic mass is 9.70. The smallest absolute Gasteiger partial charge is 0.120 e. The van der Waals surface area contributed by atoms with Crippen molar-refractivity contribution in [2.75, 3.05) is 11.9 Å². The summed E-state index contributed by atoms with van der Waals surface area (Å²) in [4.78, 5) is 0. The average molecular weight is 259 g/mol. The lowest BCUT2D eigenvalue weighted by Gasteiger charge is -2.42. The summed E-state index contributed by atoms with van der Waals surface area (Å²) < 4.78 is 6.38. The van der Waals surface area contributed by atoms with E-state index in [0.717, 1.165) is 25.1 Å². The van der Waals surface area contributed by atoms with E-state index in [2.05, 4.69) is 44.3 Å². The van der Waals surface area contributed by atoms with Gasteiger partial charge in [0.2, 0.25) is 0 Å². The number of fused-ring (bicyclic) bond motifs is 1. The van der Waals surface area contributed by atoms with Gasteiger partial charge in [0.1, 0.15) is 11.4 Å². The van der Waals surface area contributed by atoms with Crippen molar-refractivity contribution in [2.24, 2.45) is 5.41 Å². The van der Waals surface area contributed by atoms with Crippen LogP contribution in [0.25, 0.3) is 0 Å². The molecule has 19 heavy (non-hydrogen) atoms. The van der Waals surface area contributed by atoms with Crippen LogP contribution in [0.2, 0.25) is 0 Å². The van der Waals surface area contributed by atoms with Crippen molar-refractivity contribution in [1.82, 2.24) is 0 Å². The highest BCUT2D eigenvalue weighted by Crippen LogP contribution is 2.43. The normalized spacial score (nSPS) is 28.6. The van der Waals surface area contributed by atoms with Crippen LogP contribution in [-0.2, 0) is 6.42 Å². The molecule has 2 nitrogen and oxygen atoms in total. The Morgan fingerprint density at radius 2 is 2.00 bits per heavy atom. The van der Waals surface area contributed by atoms with E-state index in [-0.39, 0.29) is 5.60 Å². The van der Waals surface area contributed by atoms with Gasteiger partial charge in [0, 0.05) is 12.2 Å². The monoisotopic (exact) mass is 259 g/mol. The zero-order chi connectivity index (χ0) is 13.5. The Morgan fingerprint density at radius 3 is 2.79 bits per heavy atom. The van der Waals surface area contributed by atoms with Gasteiger partial charge in [-0.1, -0.05) is 13.8 Å². The molecule has 1 heterocycles. The van der Waals surface area contributed by atoms with Crippen molar-refractivity contribution >= 4 is 5.69 Å². The first kappa shape index (κ1) is 12.8. The highest BCUT2D eigenvalue weighted by Gasteiger charge is 2.38. The van der Waals surface area contributed by atoms with Crippen molar-refractivity contribution in [2.45, 2.75) is 58.5 Å². The fourth-order valence-corrected chi connectivity index (χ4v) is 3.85. The number of anilines is 1. The largest absolute Gasteiger partial charge is 0.488 e. The molecule has 0 saturated heterocycles. The second kappa shape index (κ2) is 4.43. The maximum atomic E-state index is 6.38. The Labute approximate surface area is 116 Å². The highest BCUT2D eigenvalue weighted by atomic mass is 16.5. The lowest BCUT2D eigenvalue weighted by molar-refractivity contribution is -0.00139. The van der Waals surface area contributed by atoms with Crippen LogP contribution in [0.5, 0.6) is 5.75 Å². The first-order chi connectivity index (χ1) is 8.96. The summed E-state index contributed by atoms with van der Waals surface area (Å²) in [5, 5.41) is 3.40. The van der Waals surface area contributed by atoms with Crippen molar-refractivity contribution in [1.29, 1.82) is 0 Å². The van der Waals surface area contributed by atoms with Gasteiger partial charge in [-0.3, -0.25) is 0 Å². The summed E-state index contributed by atoms with van der Waals surface area (Å²) in [6.07, 6.45) is 6.03. The van der Waals surface area contributed by atoms with Crippen molar-refractivity contribution in [3.8, 4) is 5.75 Å². The molecule has 1 aliphatic heterocycles. The summed E-state index contributed by atoms with van der Waals surface area (Å²) in [7, 11) is 0. The van der Waals surface area contributed by atoms with E-state index in [0.29, 0.717) is 5.41 Å². The molecule has 1 aliphatic carbocycles. The topological polar surface area (TPSA) is 21.3 Å². The third-order valence-electron chi connectivity index (χ3n) is 4.56. The van der Waals surface area contributed by atoms with Gasteiger partial charge in [0.05, 0.1) is 0 Å². The summed E-state index contributed by atoms with van der Waals surface area (Å²) >= 11 is 0. The predicted molar refractivity (Wildman–Crippen MR) is 79.9 cm³/mol. The van der Waals surface area contributed by atoms with Gasteiger partial charge in [0.15, 0.2) is 0 Å². The molecule has 2 heteroatoms. The average Bonchev–Trinajstić information content (AvgIpc) is 2.73. The van der Waals surface area contributed by atoms with Gasteiger partial charge in [-0.2, -0.15) is 0 Å². The molecule has 2 aliphatic rings. The quantitative estimate of drug-likeness (QED) is 0.850. The number of hydrogen-bond acceptors (Lipinski definition) is 2. The molecule has 1 aromatic carbocycles. The molecule has 1 fully saturated rings. The Morgan fingerprint density at radius 1 is 1.16 bits per heavy atom. The van der Waals surface area contributed by atoms with Crippen LogP contribution in [0.3, 0.4) is 0 Å². The van der Waals surface area contributed by atoms with Gasteiger partial charge < -0.3 is 10.1 Å². The van der Waals surface area contributed by atoms with Crippen LogP contribution in [-0.4, -0.2) is 12.1 Å². The van der Waals surface area contributed by atoms with Crippen LogP contribution in [0.1, 0.15) is 52.0 Å². The molecule has 1 aromatic rings. The van der Waals surface area contributed by atoms with Crippen LogP contribution < -0.4 is 10.1 Å². The number of rotatable bonds is 2. The van der Waals surface area contributed by atoms with E-state index in [9.17, 15) is 0 Å². The Hall–Kier alpha value is -1.18. The fourth-order valence-electron chi connectivity index (χ4n) is 3.85. The Kier molecular flexibility index (Phi) is 2.99. The summed E-state index contributed by atoms with van der Waals surface area (Å²) in [5.74, 6) is 1.04. The van der Waals surface area contributed by atoms with Gasteiger partial charge in [-0.15, -0.1) is 0 Å². The van der Waals surface area contributed by atoms with E-state index >= 15 is 0 Å². The van der Waals surface area contributed by atoms with Crippen molar-refractivity contribution < 1.29 is 4.74 Å². The second-order valence-corrected chi connectivity index (χ2v) is 7.24. The van der Waals surface area contributed by atoms with Crippen LogP contribution in [0.4, 0.5) is 5.69 Å². The van der Waals surface area contributed by atoms with Crippen LogP contribution in [0.15, 0.2) is 18.2 Å². The first-order valence-corrected chi connectivity index (χ1v) is 7.52. The van der Waals surface area contributed by atoms with E-state index in [4.69, 9.17) is 4.74 Å². The first-order valence-electron chi connectivity index (χ1n) is 7.52. The van der Waals surface area contributed by atoms with E-state index in [1.807, 2.05) is 0 Å². The molecule has 0 bridgehead atoms. The van der Waals surface area contributed by atoms with Gasteiger partial charge in [-0.05, 0) is 68.2 Å². The Balaban J connectivity index is 1.77. The maximum Gasteiger partial charge on any atom is 0.120 e. The molecule has 104 valence electrons. The highest BCUT2D eigenvalue weighted by molar-refractivity contribution is 5.57. The predicted octanol–water partition coefficient (Wildman–Crippen LogP) is 4.39. The van der Waals surface area contributed by atoms with Crippen molar-refractivity contribution in [3.05, 3.63) is 23.8 Å². The number of ether oxygens (including phenoxy) is 1. The summed E-state index contributed by atoms with van der Waals surface area (Å²) in [5.41, 5.74) is 3.09. The van der Waals surface area contributed by atoms with Crippen LogP contribution in [0, 0.1) is 5.41 Å². The molecule has 0 radical (unpaired) electrons. The summed E-state index contributed by atoms with van der Waals surface area (Å²) in [6.45, 7) is 8.06. The number of nitrogens with one attached hydrogen (secondary N) is 1. The molecule has 0 spiro atoms. The molecule has 1 unspecified atom stereocenters. The number of hydrogen-bond donors (Lipinski definition) is 1.